The zero-order chi connectivity index (χ0) is 40.7. The topological polar surface area (TPSA) is 6.48 Å². The molecule has 0 saturated heterocycles. The molecular formula is C59H50N2. The largest absolute Gasteiger partial charge is 0.345 e. The number of anilines is 3. The van der Waals surface area contributed by atoms with E-state index in [0.29, 0.717) is 0 Å². The summed E-state index contributed by atoms with van der Waals surface area (Å²) in [6.45, 7) is 6.83. The van der Waals surface area contributed by atoms with Crippen LogP contribution in [0.3, 0.4) is 0 Å². The molecule has 61 heavy (non-hydrogen) atoms. The first kappa shape index (κ1) is 36.2. The highest BCUT2D eigenvalue weighted by molar-refractivity contribution is 6.22. The SMILES string of the molecule is CC1(C)c2ccccc2-c2ccc(-c3cccc(-c4c5ccc(N6CCCc7ccccc76)cc5c(-c5ccccc5)c5ccc(N6CCCC7=C6CCC=C7)cc45)c3)cc21. The number of fused-ring (bicyclic) bond motifs is 6. The van der Waals surface area contributed by atoms with Gasteiger partial charge in [-0.3, -0.25) is 0 Å². The molecule has 0 radical (unpaired) electrons. The van der Waals surface area contributed by atoms with E-state index < -0.39 is 0 Å². The van der Waals surface area contributed by atoms with E-state index >= 15 is 0 Å². The van der Waals surface area contributed by atoms with Gasteiger partial charge in [0.15, 0.2) is 0 Å². The maximum Gasteiger partial charge on any atom is 0.0443 e. The van der Waals surface area contributed by atoms with E-state index in [2.05, 4.69) is 194 Å². The van der Waals surface area contributed by atoms with Gasteiger partial charge in [-0.15, -0.1) is 0 Å². The molecule has 0 atom stereocenters. The number of rotatable bonds is 5. The molecule has 2 aliphatic carbocycles. The Morgan fingerprint density at radius 3 is 1.97 bits per heavy atom. The lowest BCUT2D eigenvalue weighted by Gasteiger charge is -2.35. The Labute approximate surface area is 360 Å². The fourth-order valence-electron chi connectivity index (χ4n) is 11.4. The summed E-state index contributed by atoms with van der Waals surface area (Å²) in [5.41, 5.74) is 21.5. The van der Waals surface area contributed by atoms with Crippen LogP contribution < -0.4 is 9.80 Å². The average molecular weight is 787 g/mol. The highest BCUT2D eigenvalue weighted by atomic mass is 15.2. The highest BCUT2D eigenvalue weighted by Gasteiger charge is 2.35. The minimum absolute atomic E-state index is 0.0555. The quantitative estimate of drug-likeness (QED) is 0.160. The maximum atomic E-state index is 2.63. The second kappa shape index (κ2) is 14.2. The maximum absolute atomic E-state index is 2.63. The molecule has 0 N–H and O–H groups in total. The third-order valence-electron chi connectivity index (χ3n) is 14.3. The molecular weight excluding hydrogens is 737 g/mol. The molecule has 8 aromatic rings. The Balaban J connectivity index is 1.10. The third-order valence-corrected chi connectivity index (χ3v) is 14.3. The molecule has 4 aliphatic rings. The third kappa shape index (κ3) is 5.83. The van der Waals surface area contributed by atoms with Gasteiger partial charge >= 0.3 is 0 Å². The van der Waals surface area contributed by atoms with Crippen molar-refractivity contribution in [2.24, 2.45) is 0 Å². The fourth-order valence-corrected chi connectivity index (χ4v) is 11.4. The van der Waals surface area contributed by atoms with Crippen molar-refractivity contribution in [3.05, 3.63) is 198 Å². The Kier molecular flexibility index (Phi) is 8.46. The van der Waals surface area contributed by atoms with Gasteiger partial charge in [0, 0.05) is 41.3 Å². The van der Waals surface area contributed by atoms with E-state index in [0.717, 1.165) is 38.8 Å². The molecule has 0 fully saturated rings. The van der Waals surface area contributed by atoms with E-state index in [1.807, 2.05) is 0 Å². The first-order valence-corrected chi connectivity index (χ1v) is 22.5. The summed E-state index contributed by atoms with van der Waals surface area (Å²) in [5.74, 6) is 0. The minimum atomic E-state index is -0.0555. The van der Waals surface area contributed by atoms with Crippen LogP contribution in [-0.4, -0.2) is 13.1 Å². The molecule has 2 heteroatoms. The van der Waals surface area contributed by atoms with Crippen molar-refractivity contribution in [3.8, 4) is 44.5 Å². The minimum Gasteiger partial charge on any atom is -0.345 e. The van der Waals surface area contributed by atoms with Crippen molar-refractivity contribution in [3.63, 3.8) is 0 Å². The van der Waals surface area contributed by atoms with E-state index in [-0.39, 0.29) is 5.41 Å². The molecule has 0 amide bonds. The van der Waals surface area contributed by atoms with Gasteiger partial charge in [0.2, 0.25) is 0 Å². The number of benzene rings is 8. The Morgan fingerprint density at radius 1 is 0.459 bits per heavy atom. The number of nitrogens with zero attached hydrogens (tertiary/aromatic N) is 2. The fraction of sp³-hybridized carbons (Fsp3) is 0.186. The molecule has 2 aliphatic heterocycles. The number of hydrogen-bond donors (Lipinski definition) is 0. The van der Waals surface area contributed by atoms with Crippen molar-refractivity contribution in [2.75, 3.05) is 22.9 Å². The standard InChI is InChI=1S/C59H50N2/c1-59(2)53-24-9-8-23-47(53)48-30-27-43(36-54(48)59)42-19-12-20-44(35-42)58-50-32-29-45(60-33-13-21-39-15-6-10-25-55(39)60)37-51(50)57(41-17-4-3-5-18-41)49-31-28-46(38-52(49)58)61-34-14-22-40-16-7-11-26-56(40)61/h3-10,12,15-20,23-25,27-32,35-38H,11,13-14,21-22,26,33-34H2,1-2H3. The van der Waals surface area contributed by atoms with E-state index in [1.165, 1.54) is 124 Å². The molecule has 0 aromatic heterocycles. The predicted molar refractivity (Wildman–Crippen MR) is 259 cm³/mol. The monoisotopic (exact) mass is 786 g/mol. The summed E-state index contributed by atoms with van der Waals surface area (Å²) < 4.78 is 0. The van der Waals surface area contributed by atoms with Crippen LogP contribution in [0.25, 0.3) is 66.1 Å². The summed E-state index contributed by atoms with van der Waals surface area (Å²) in [6.07, 6.45) is 11.6. The van der Waals surface area contributed by atoms with E-state index in [4.69, 9.17) is 0 Å². The van der Waals surface area contributed by atoms with Crippen molar-refractivity contribution in [1.82, 2.24) is 0 Å². The normalized spacial score (nSPS) is 16.4. The summed E-state index contributed by atoms with van der Waals surface area (Å²) in [6, 6.07) is 60.3. The zero-order valence-electron chi connectivity index (χ0n) is 35.2. The molecule has 2 heterocycles. The summed E-state index contributed by atoms with van der Waals surface area (Å²) in [4.78, 5) is 5.18. The van der Waals surface area contributed by atoms with Gasteiger partial charge < -0.3 is 9.80 Å². The average Bonchev–Trinajstić information content (AvgIpc) is 3.55. The number of allylic oxidation sites excluding steroid dienone is 4. The summed E-state index contributed by atoms with van der Waals surface area (Å²) in [5, 5.41) is 5.19. The van der Waals surface area contributed by atoms with Gasteiger partial charge in [-0.05, 0) is 169 Å². The van der Waals surface area contributed by atoms with Crippen LogP contribution in [0.5, 0.6) is 0 Å². The molecule has 8 aromatic carbocycles. The second-order valence-electron chi connectivity index (χ2n) is 18.1. The van der Waals surface area contributed by atoms with Gasteiger partial charge in [-0.25, -0.2) is 0 Å². The smallest absolute Gasteiger partial charge is 0.0443 e. The summed E-state index contributed by atoms with van der Waals surface area (Å²) >= 11 is 0. The Bertz CT molecular complexity index is 3130. The number of hydrogen-bond acceptors (Lipinski definition) is 2. The van der Waals surface area contributed by atoms with Crippen molar-refractivity contribution in [1.29, 1.82) is 0 Å². The van der Waals surface area contributed by atoms with Crippen molar-refractivity contribution < 1.29 is 0 Å². The number of aryl methyl sites for hydroxylation is 1. The summed E-state index contributed by atoms with van der Waals surface area (Å²) in [7, 11) is 0. The van der Waals surface area contributed by atoms with Gasteiger partial charge in [-0.2, -0.15) is 0 Å². The number of para-hydroxylation sites is 1. The van der Waals surface area contributed by atoms with Gasteiger partial charge in [0.1, 0.15) is 0 Å². The molecule has 0 saturated carbocycles. The van der Waals surface area contributed by atoms with Crippen LogP contribution in [0.4, 0.5) is 17.1 Å². The lowest BCUT2D eigenvalue weighted by Crippen LogP contribution is -2.29. The second-order valence-corrected chi connectivity index (χ2v) is 18.1. The lowest BCUT2D eigenvalue weighted by molar-refractivity contribution is 0.660. The van der Waals surface area contributed by atoms with E-state index in [1.54, 1.807) is 0 Å². The zero-order valence-corrected chi connectivity index (χ0v) is 35.2. The Morgan fingerprint density at radius 2 is 1.11 bits per heavy atom. The van der Waals surface area contributed by atoms with Gasteiger partial charge in [0.25, 0.3) is 0 Å². The van der Waals surface area contributed by atoms with E-state index in [9.17, 15) is 0 Å². The molecule has 296 valence electrons. The van der Waals surface area contributed by atoms with Crippen LogP contribution in [-0.2, 0) is 11.8 Å². The molecule has 0 bridgehead atoms. The molecule has 0 unspecified atom stereocenters. The van der Waals surface area contributed by atoms with Crippen LogP contribution in [0.15, 0.2) is 181 Å². The van der Waals surface area contributed by atoms with Crippen LogP contribution in [0.1, 0.15) is 62.6 Å². The van der Waals surface area contributed by atoms with Crippen molar-refractivity contribution >= 4 is 38.6 Å². The van der Waals surface area contributed by atoms with Crippen LogP contribution >= 0.6 is 0 Å². The van der Waals surface area contributed by atoms with Crippen LogP contribution in [0.2, 0.25) is 0 Å². The lowest BCUT2D eigenvalue weighted by atomic mass is 9.81. The van der Waals surface area contributed by atoms with Gasteiger partial charge in [0.05, 0.1) is 0 Å². The first-order chi connectivity index (χ1) is 30.0. The highest BCUT2D eigenvalue weighted by Crippen LogP contribution is 2.51. The van der Waals surface area contributed by atoms with Crippen LogP contribution in [0, 0.1) is 0 Å². The molecule has 2 nitrogen and oxygen atoms in total. The van der Waals surface area contributed by atoms with Gasteiger partial charge in [-0.1, -0.05) is 141 Å². The first-order valence-electron chi connectivity index (χ1n) is 22.5. The molecule has 0 spiro atoms. The Hall–Kier alpha value is -6.64. The predicted octanol–water partition coefficient (Wildman–Crippen LogP) is 15.6. The molecule has 12 rings (SSSR count). The van der Waals surface area contributed by atoms with Crippen molar-refractivity contribution in [2.45, 2.75) is 57.8 Å².